The molecule has 0 radical (unpaired) electrons. The van der Waals surface area contributed by atoms with Crippen molar-refractivity contribution < 1.29 is 85.8 Å². The highest BCUT2D eigenvalue weighted by Gasteiger charge is 2.91. The number of cyclic esters (lactones) is 1. The van der Waals surface area contributed by atoms with Crippen LogP contribution in [0.2, 0.25) is 0 Å². The Morgan fingerprint density at radius 2 is 1.50 bits per heavy atom. The summed E-state index contributed by atoms with van der Waals surface area (Å²) in [5.41, 5.74) is -10.5. The molecule has 2 aromatic rings. The van der Waals surface area contributed by atoms with Crippen LogP contribution >= 0.6 is 0 Å². The highest BCUT2D eigenvalue weighted by Crippen LogP contribution is 2.69. The first-order valence-corrected chi connectivity index (χ1v) is 18.3. The lowest BCUT2D eigenvalue weighted by Crippen LogP contribution is -2.88. The number of Topliss-reactive ketones (excluding diaryl/α,β-unsaturated/α-hetero) is 1. The van der Waals surface area contributed by atoms with E-state index < -0.39 is 131 Å². The molecule has 2 aliphatic carbocycles. The van der Waals surface area contributed by atoms with E-state index in [0.29, 0.717) is 0 Å². The number of aromatic nitrogens is 1. The fourth-order valence-corrected chi connectivity index (χ4v) is 9.13. The number of furan rings is 1. The molecule has 12 atom stereocenters. The van der Waals surface area contributed by atoms with Gasteiger partial charge in [-0.15, -0.1) is 0 Å². The highest BCUT2D eigenvalue weighted by molar-refractivity contribution is 5.94. The van der Waals surface area contributed by atoms with Crippen LogP contribution in [0.15, 0.2) is 41.1 Å². The van der Waals surface area contributed by atoms with Crippen molar-refractivity contribution in [2.24, 2.45) is 17.3 Å². The number of fused-ring (bicyclic) bond motifs is 5. The third kappa shape index (κ3) is 6.39. The van der Waals surface area contributed by atoms with Crippen LogP contribution in [0.1, 0.15) is 87.9 Å². The molecule has 1 saturated heterocycles. The number of rotatable bonds is 7. The molecule has 0 amide bonds. The summed E-state index contributed by atoms with van der Waals surface area (Å²) < 4.78 is 53.1. The number of pyridine rings is 1. The third-order valence-electron chi connectivity index (χ3n) is 11.6. The van der Waals surface area contributed by atoms with E-state index in [-0.39, 0.29) is 17.0 Å². The Morgan fingerprint density at radius 1 is 0.862 bits per heavy atom. The first-order chi connectivity index (χ1) is 27.1. The molecule has 4 heterocycles. The Kier molecular flexibility index (Phi) is 10.8. The number of ether oxygens (including phenoxy) is 8. The van der Waals surface area contributed by atoms with Gasteiger partial charge in [-0.3, -0.25) is 33.8 Å². The predicted octanol–water partition coefficient (Wildman–Crippen LogP) is 1.56. The average Bonchev–Trinajstić information content (AvgIpc) is 3.76. The number of carbonyl (C=O) groups excluding carboxylic acids is 8. The van der Waals surface area contributed by atoms with Gasteiger partial charge in [0.25, 0.3) is 0 Å². The number of hydrogen-bond donors (Lipinski definition) is 1. The van der Waals surface area contributed by atoms with Gasteiger partial charge in [0.05, 0.1) is 29.4 Å². The fourth-order valence-electron chi connectivity index (χ4n) is 9.13. The Labute approximate surface area is 330 Å². The summed E-state index contributed by atoms with van der Waals surface area (Å²) in [7, 11) is 0. The van der Waals surface area contributed by atoms with Crippen molar-refractivity contribution in [2.45, 2.75) is 109 Å². The maximum Gasteiger partial charge on any atom is 0.374 e. The van der Waals surface area contributed by atoms with Crippen molar-refractivity contribution in [1.82, 2.24) is 4.98 Å². The van der Waals surface area contributed by atoms with E-state index in [1.165, 1.54) is 44.3 Å². The van der Waals surface area contributed by atoms with Gasteiger partial charge in [-0.1, -0.05) is 13.8 Å². The van der Waals surface area contributed by atoms with E-state index in [1.54, 1.807) is 6.92 Å². The summed E-state index contributed by atoms with van der Waals surface area (Å²) in [6.07, 6.45) is -8.14. The number of aliphatic hydroxyl groups is 1. The molecule has 2 unspecified atom stereocenters. The Hall–Kier alpha value is -5.69. The van der Waals surface area contributed by atoms with Crippen LogP contribution in [-0.4, -0.2) is 118 Å². The van der Waals surface area contributed by atoms with Crippen LogP contribution in [0.4, 0.5) is 0 Å². The highest BCUT2D eigenvalue weighted by atomic mass is 16.7. The molecule has 2 aliphatic heterocycles. The summed E-state index contributed by atoms with van der Waals surface area (Å²) in [4.78, 5) is 114. The molecule has 0 aromatic carbocycles. The van der Waals surface area contributed by atoms with Crippen LogP contribution in [-0.2, 0) is 66.7 Å². The van der Waals surface area contributed by atoms with Gasteiger partial charge in [0.2, 0.25) is 5.76 Å². The molecule has 312 valence electrons. The SMILES string of the molecule is CC(=O)O[C@@H]1[C@H](OC(C)=O)[C@@]2(COC(=O)c3ccco3)[C@H](OC(C)=O)C(=O)[C@@H]3[C@@H](OC(C)=O)[C@@]24O[C@@]3(C)COC(=O)c2cccnc2C(C)C(C)C(=O)O[C@@H]1[C@]4(C)O. The maximum atomic E-state index is 15.3. The molecule has 4 aliphatic rings. The van der Waals surface area contributed by atoms with Gasteiger partial charge in [-0.05, 0) is 38.1 Å². The van der Waals surface area contributed by atoms with Crippen LogP contribution in [0.3, 0.4) is 0 Å². The maximum absolute atomic E-state index is 15.3. The first-order valence-electron chi connectivity index (χ1n) is 18.3. The van der Waals surface area contributed by atoms with E-state index in [1.807, 2.05) is 0 Å². The number of esters is 7. The lowest BCUT2D eigenvalue weighted by molar-refractivity contribution is -0.376. The van der Waals surface area contributed by atoms with Gasteiger partial charge in [-0.25, -0.2) is 9.59 Å². The second-order valence-electron chi connectivity index (χ2n) is 15.3. The minimum absolute atomic E-state index is 0.0609. The van der Waals surface area contributed by atoms with E-state index in [0.717, 1.165) is 40.9 Å². The van der Waals surface area contributed by atoms with Crippen molar-refractivity contribution >= 4 is 47.6 Å². The van der Waals surface area contributed by atoms with Crippen molar-refractivity contribution in [3.8, 4) is 0 Å². The predicted molar refractivity (Wildman–Crippen MR) is 187 cm³/mol. The smallest absolute Gasteiger partial charge is 0.374 e. The number of nitrogens with zero attached hydrogens (tertiary/aromatic N) is 1. The van der Waals surface area contributed by atoms with Crippen LogP contribution in [0, 0.1) is 17.3 Å². The van der Waals surface area contributed by atoms with E-state index in [4.69, 9.17) is 42.3 Å². The quantitative estimate of drug-likeness (QED) is 0.307. The number of ketones is 1. The monoisotopic (exact) mass is 813 g/mol. The zero-order valence-corrected chi connectivity index (χ0v) is 32.8. The van der Waals surface area contributed by atoms with Crippen molar-refractivity contribution in [2.75, 3.05) is 13.2 Å². The van der Waals surface area contributed by atoms with Crippen LogP contribution in [0.5, 0.6) is 0 Å². The molecule has 4 bridgehead atoms. The average molecular weight is 814 g/mol. The zero-order valence-electron chi connectivity index (χ0n) is 32.8. The lowest BCUT2D eigenvalue weighted by Gasteiger charge is -2.66. The molecule has 6 rings (SSSR count). The Morgan fingerprint density at radius 3 is 2.10 bits per heavy atom. The summed E-state index contributed by atoms with van der Waals surface area (Å²) in [6, 6.07) is 5.46. The number of carbonyl (C=O) groups is 8. The molecule has 1 N–H and O–H groups in total. The van der Waals surface area contributed by atoms with E-state index in [2.05, 4.69) is 4.98 Å². The molecule has 2 saturated carbocycles. The summed E-state index contributed by atoms with van der Waals surface area (Å²) in [5, 5.41) is 13.4. The van der Waals surface area contributed by atoms with Gasteiger partial charge >= 0.3 is 41.8 Å². The third-order valence-corrected chi connectivity index (χ3v) is 11.6. The first kappa shape index (κ1) is 41.9. The second kappa shape index (κ2) is 14.9. The van der Waals surface area contributed by atoms with Gasteiger partial charge in [0, 0.05) is 39.8 Å². The van der Waals surface area contributed by atoms with E-state index in [9.17, 15) is 38.7 Å². The van der Waals surface area contributed by atoms with Gasteiger partial charge in [-0.2, -0.15) is 0 Å². The summed E-state index contributed by atoms with van der Waals surface area (Å²) in [5.74, 6) is -12.8. The fraction of sp³-hybridized carbons (Fsp3) is 0.564. The van der Waals surface area contributed by atoms with Crippen molar-refractivity contribution in [1.29, 1.82) is 0 Å². The molecule has 1 spiro atoms. The molecule has 19 heteroatoms. The van der Waals surface area contributed by atoms with Crippen LogP contribution in [0.25, 0.3) is 0 Å². The number of hydrogen-bond acceptors (Lipinski definition) is 19. The molecular weight excluding hydrogens is 770 g/mol. The van der Waals surface area contributed by atoms with Crippen molar-refractivity contribution in [3.05, 3.63) is 53.7 Å². The zero-order chi connectivity index (χ0) is 42.7. The van der Waals surface area contributed by atoms with Crippen molar-refractivity contribution in [3.63, 3.8) is 0 Å². The second-order valence-corrected chi connectivity index (χ2v) is 15.3. The molecule has 2 aromatic heterocycles. The standard InChI is InChI=1S/C39H43NO18/c1-17-18(2)33(46)57-31-28(53-19(3)41)32(56-22(6)44)38(16-52-35(48)24-12-10-14-50-24)30(55-21(5)43)27(45)25-29(54-20(4)42)39(38,37(31,8)49)58-36(25,7)15-51-34(47)23-11-9-13-40-26(17)23/h9-14,17-18,25,28-32,49H,15-16H2,1-8H3/t17?,18?,25-,28+,29-,30-,31+,32+,36+,37+,38-,39+/m1/s1. The largest absolute Gasteiger partial charge is 0.459 e. The summed E-state index contributed by atoms with van der Waals surface area (Å²) >= 11 is 0. The summed E-state index contributed by atoms with van der Waals surface area (Å²) in [6.45, 7) is 7.18. The molecule has 58 heavy (non-hydrogen) atoms. The normalized spacial score (nSPS) is 36.6. The lowest BCUT2D eigenvalue weighted by atomic mass is 9.45. The minimum Gasteiger partial charge on any atom is -0.459 e. The van der Waals surface area contributed by atoms with Gasteiger partial charge in [0.1, 0.15) is 35.9 Å². The molecule has 19 nitrogen and oxygen atoms in total. The molecular formula is C39H43NO18. The van der Waals surface area contributed by atoms with E-state index >= 15 is 4.79 Å². The van der Waals surface area contributed by atoms with Crippen LogP contribution < -0.4 is 0 Å². The molecule has 3 fully saturated rings. The van der Waals surface area contributed by atoms with Gasteiger partial charge in [0.15, 0.2) is 35.8 Å². The Balaban J connectivity index is 1.74. The van der Waals surface area contributed by atoms with Gasteiger partial charge < -0.3 is 47.4 Å². The minimum atomic E-state index is -2.88. The Bertz CT molecular complexity index is 2040. The topological polar surface area (TPSA) is 257 Å².